The van der Waals surface area contributed by atoms with Gasteiger partial charge in [-0.2, -0.15) is 13.2 Å². The van der Waals surface area contributed by atoms with Crippen molar-refractivity contribution in [3.63, 3.8) is 0 Å². The lowest BCUT2D eigenvalue weighted by atomic mass is 10.1. The number of hydrogen-bond donors (Lipinski definition) is 2. The number of alkyl halides is 3. The zero-order valence-corrected chi connectivity index (χ0v) is 11.7. The van der Waals surface area contributed by atoms with E-state index >= 15 is 0 Å². The summed E-state index contributed by atoms with van der Waals surface area (Å²) in [5.41, 5.74) is 4.74. The van der Waals surface area contributed by atoms with Gasteiger partial charge in [-0.05, 0) is 23.8 Å². The van der Waals surface area contributed by atoms with Gasteiger partial charge in [0, 0.05) is 11.9 Å². The molecule has 2 rings (SSSR count). The first-order valence-electron chi connectivity index (χ1n) is 6.47. The van der Waals surface area contributed by atoms with E-state index in [0.29, 0.717) is 0 Å². The molecule has 0 aliphatic carbocycles. The highest BCUT2D eigenvalue weighted by atomic mass is 19.4. The molecule has 1 heterocycles. The number of carbonyl (C=O) groups is 2. The first kappa shape index (κ1) is 16.5. The maximum atomic E-state index is 12.6. The summed E-state index contributed by atoms with van der Waals surface area (Å²) >= 11 is 0. The van der Waals surface area contributed by atoms with E-state index in [1.54, 1.807) is 0 Å². The van der Waals surface area contributed by atoms with Crippen LogP contribution in [0.15, 0.2) is 42.6 Å². The maximum absolute atomic E-state index is 12.6. The van der Waals surface area contributed by atoms with Crippen molar-refractivity contribution in [2.45, 2.75) is 12.6 Å². The van der Waals surface area contributed by atoms with Gasteiger partial charge < -0.3 is 11.1 Å². The van der Waals surface area contributed by atoms with E-state index in [9.17, 15) is 22.8 Å². The van der Waals surface area contributed by atoms with Crippen molar-refractivity contribution in [2.75, 3.05) is 5.32 Å². The van der Waals surface area contributed by atoms with E-state index in [-0.39, 0.29) is 23.4 Å². The second-order valence-electron chi connectivity index (χ2n) is 4.72. The molecule has 0 fully saturated rings. The molecule has 0 saturated carbocycles. The third-order valence-electron chi connectivity index (χ3n) is 2.92. The zero-order chi connectivity index (χ0) is 17.0. The molecule has 0 atom stereocenters. The van der Waals surface area contributed by atoms with Crippen molar-refractivity contribution < 1.29 is 22.8 Å². The fraction of sp³-hybridized carbons (Fsp3) is 0.133. The summed E-state index contributed by atoms with van der Waals surface area (Å²) in [7, 11) is 0. The van der Waals surface area contributed by atoms with E-state index in [2.05, 4.69) is 10.3 Å². The Kier molecular flexibility index (Phi) is 4.63. The number of rotatable bonds is 4. The minimum atomic E-state index is -4.46. The van der Waals surface area contributed by atoms with Gasteiger partial charge in [0.1, 0.15) is 5.69 Å². The number of pyridine rings is 1. The Hall–Kier alpha value is -2.90. The third-order valence-corrected chi connectivity index (χ3v) is 2.92. The van der Waals surface area contributed by atoms with E-state index in [4.69, 9.17) is 5.73 Å². The van der Waals surface area contributed by atoms with Gasteiger partial charge in [-0.1, -0.05) is 18.2 Å². The summed E-state index contributed by atoms with van der Waals surface area (Å²) < 4.78 is 37.9. The monoisotopic (exact) mass is 323 g/mol. The molecule has 0 unspecified atom stereocenters. The van der Waals surface area contributed by atoms with Crippen LogP contribution in [0.2, 0.25) is 0 Å². The maximum Gasteiger partial charge on any atom is 0.416 e. The largest absolute Gasteiger partial charge is 0.416 e. The predicted molar refractivity (Wildman–Crippen MR) is 76.5 cm³/mol. The molecule has 0 spiro atoms. The van der Waals surface area contributed by atoms with Crippen LogP contribution in [-0.4, -0.2) is 16.8 Å². The smallest absolute Gasteiger partial charge is 0.364 e. The SMILES string of the molecule is NC(=O)c1cc(NC(=O)Cc2cccc(C(F)(F)F)c2)ccn1. The normalized spacial score (nSPS) is 11.1. The predicted octanol–water partition coefficient (Wildman–Crippen LogP) is 2.38. The molecular formula is C15H12F3N3O2. The second kappa shape index (κ2) is 6.47. The van der Waals surface area contributed by atoms with Crippen LogP contribution in [0.5, 0.6) is 0 Å². The van der Waals surface area contributed by atoms with Crippen molar-refractivity contribution in [2.24, 2.45) is 5.73 Å². The number of primary amides is 1. The molecule has 0 radical (unpaired) electrons. The van der Waals surface area contributed by atoms with Gasteiger partial charge in [0.05, 0.1) is 12.0 Å². The number of amides is 2. The summed E-state index contributed by atoms with van der Waals surface area (Å²) in [5, 5.41) is 2.48. The van der Waals surface area contributed by atoms with Crippen LogP contribution in [0, 0.1) is 0 Å². The minimum Gasteiger partial charge on any atom is -0.364 e. The Morgan fingerprint density at radius 3 is 2.57 bits per heavy atom. The fourth-order valence-corrected chi connectivity index (χ4v) is 1.89. The molecule has 0 aliphatic rings. The summed E-state index contributed by atoms with van der Waals surface area (Å²) in [6, 6.07) is 7.24. The third kappa shape index (κ3) is 4.53. The van der Waals surface area contributed by atoms with E-state index in [1.165, 1.54) is 30.5 Å². The average Bonchev–Trinajstić information content (AvgIpc) is 2.46. The molecular weight excluding hydrogens is 311 g/mol. The van der Waals surface area contributed by atoms with Gasteiger partial charge in [0.2, 0.25) is 5.91 Å². The number of carbonyl (C=O) groups excluding carboxylic acids is 2. The van der Waals surface area contributed by atoms with Gasteiger partial charge in [-0.15, -0.1) is 0 Å². The number of nitrogens with one attached hydrogen (secondary N) is 1. The van der Waals surface area contributed by atoms with Crippen LogP contribution in [0.1, 0.15) is 21.6 Å². The van der Waals surface area contributed by atoms with Crippen LogP contribution in [0.3, 0.4) is 0 Å². The Morgan fingerprint density at radius 1 is 1.17 bits per heavy atom. The standard InChI is InChI=1S/C15H12F3N3O2/c16-15(17,18)10-3-1-2-9(6-10)7-13(22)21-11-4-5-20-12(8-11)14(19)23/h1-6,8H,7H2,(H2,19,23)(H,20,21,22). The first-order valence-corrected chi connectivity index (χ1v) is 6.47. The molecule has 1 aromatic heterocycles. The Bertz CT molecular complexity index is 745. The molecule has 8 heteroatoms. The van der Waals surface area contributed by atoms with Gasteiger partial charge in [0.15, 0.2) is 0 Å². The van der Waals surface area contributed by atoms with Crippen LogP contribution in [0.25, 0.3) is 0 Å². The van der Waals surface area contributed by atoms with Gasteiger partial charge in [-0.3, -0.25) is 14.6 Å². The molecule has 0 aliphatic heterocycles. The number of anilines is 1. The van der Waals surface area contributed by atoms with Crippen molar-refractivity contribution in [3.8, 4) is 0 Å². The number of aromatic nitrogens is 1. The molecule has 3 N–H and O–H groups in total. The highest BCUT2D eigenvalue weighted by Gasteiger charge is 2.30. The van der Waals surface area contributed by atoms with E-state index < -0.39 is 23.6 Å². The van der Waals surface area contributed by atoms with Gasteiger partial charge in [0.25, 0.3) is 5.91 Å². The molecule has 2 amide bonds. The molecule has 0 saturated heterocycles. The summed E-state index contributed by atoms with van der Waals surface area (Å²) in [4.78, 5) is 26.6. The first-order chi connectivity index (χ1) is 10.8. The topological polar surface area (TPSA) is 85.1 Å². The average molecular weight is 323 g/mol. The number of nitrogens with two attached hydrogens (primary N) is 1. The van der Waals surface area contributed by atoms with Crippen LogP contribution < -0.4 is 11.1 Å². The van der Waals surface area contributed by atoms with Crippen LogP contribution in [-0.2, 0) is 17.4 Å². The van der Waals surface area contributed by atoms with Gasteiger partial charge in [-0.25, -0.2) is 0 Å². The van der Waals surface area contributed by atoms with E-state index in [1.807, 2.05) is 0 Å². The lowest BCUT2D eigenvalue weighted by Crippen LogP contribution is -2.17. The zero-order valence-electron chi connectivity index (χ0n) is 11.7. The van der Waals surface area contributed by atoms with Crippen molar-refractivity contribution in [3.05, 3.63) is 59.4 Å². The second-order valence-corrected chi connectivity index (χ2v) is 4.72. The summed E-state index contributed by atoms with van der Waals surface area (Å²) in [5.74, 6) is -1.27. The molecule has 1 aromatic carbocycles. The number of hydrogen-bond acceptors (Lipinski definition) is 3. The van der Waals surface area contributed by atoms with Crippen LogP contribution >= 0.6 is 0 Å². The highest BCUT2D eigenvalue weighted by Crippen LogP contribution is 2.29. The molecule has 2 aromatic rings. The highest BCUT2D eigenvalue weighted by molar-refractivity contribution is 5.95. The lowest BCUT2D eigenvalue weighted by Gasteiger charge is -2.09. The fourth-order valence-electron chi connectivity index (χ4n) is 1.89. The summed E-state index contributed by atoms with van der Waals surface area (Å²) in [6.45, 7) is 0. The number of halogens is 3. The molecule has 0 bridgehead atoms. The molecule has 120 valence electrons. The van der Waals surface area contributed by atoms with Gasteiger partial charge >= 0.3 is 6.18 Å². The van der Waals surface area contributed by atoms with E-state index in [0.717, 1.165) is 12.1 Å². The molecule has 5 nitrogen and oxygen atoms in total. The Labute approximate surface area is 129 Å². The van der Waals surface area contributed by atoms with Crippen molar-refractivity contribution >= 4 is 17.5 Å². The summed E-state index contributed by atoms with van der Waals surface area (Å²) in [6.07, 6.45) is -3.41. The van der Waals surface area contributed by atoms with Crippen LogP contribution in [0.4, 0.5) is 18.9 Å². The Balaban J connectivity index is 2.08. The van der Waals surface area contributed by atoms with Crippen molar-refractivity contribution in [1.82, 2.24) is 4.98 Å². The quantitative estimate of drug-likeness (QED) is 0.906. The lowest BCUT2D eigenvalue weighted by molar-refractivity contribution is -0.137. The molecule has 23 heavy (non-hydrogen) atoms. The van der Waals surface area contributed by atoms with Crippen molar-refractivity contribution in [1.29, 1.82) is 0 Å². The Morgan fingerprint density at radius 2 is 1.91 bits per heavy atom. The minimum absolute atomic E-state index is 0.0260. The number of benzene rings is 1. The number of nitrogens with zero attached hydrogens (tertiary/aromatic N) is 1.